The molecule has 0 radical (unpaired) electrons. The van der Waals surface area contributed by atoms with Crippen molar-refractivity contribution in [2.24, 2.45) is 28.6 Å². The SMILES string of the molecule is C[C@]12CCC(=O)CC1=CC[C@@H]1[C@@H]2C(=O)C[C@]2(C)C(=CCO)CC[C@@H]12. The molecule has 4 aliphatic carbocycles. The predicted octanol–water partition coefficient (Wildman–Crippen LogP) is 3.62. The Balaban J connectivity index is 1.74. The van der Waals surface area contributed by atoms with Gasteiger partial charge >= 0.3 is 0 Å². The maximum atomic E-state index is 13.3. The number of aliphatic hydroxyl groups excluding tert-OH is 1. The fourth-order valence-electron chi connectivity index (χ4n) is 6.60. The molecule has 1 N–H and O–H groups in total. The molecule has 3 heteroatoms. The fourth-order valence-corrected chi connectivity index (χ4v) is 6.60. The Labute approximate surface area is 144 Å². The van der Waals surface area contributed by atoms with Gasteiger partial charge in [-0.1, -0.05) is 37.1 Å². The van der Waals surface area contributed by atoms with Crippen LogP contribution in [0.25, 0.3) is 0 Å². The molecular weight excluding hydrogens is 300 g/mol. The van der Waals surface area contributed by atoms with Crippen LogP contribution in [-0.2, 0) is 9.59 Å². The van der Waals surface area contributed by atoms with Crippen molar-refractivity contribution in [2.75, 3.05) is 6.61 Å². The highest BCUT2D eigenvalue weighted by atomic mass is 16.2. The molecule has 130 valence electrons. The summed E-state index contributed by atoms with van der Waals surface area (Å²) in [5, 5.41) is 9.35. The van der Waals surface area contributed by atoms with Crippen molar-refractivity contribution in [2.45, 2.75) is 58.8 Å². The predicted molar refractivity (Wildman–Crippen MR) is 92.3 cm³/mol. The summed E-state index contributed by atoms with van der Waals surface area (Å²) in [5.41, 5.74) is 2.37. The molecule has 0 amide bonds. The summed E-state index contributed by atoms with van der Waals surface area (Å²) in [6.45, 7) is 4.55. The molecule has 0 spiro atoms. The normalized spacial score (nSPS) is 46.4. The topological polar surface area (TPSA) is 54.4 Å². The average Bonchev–Trinajstić information content (AvgIpc) is 2.84. The molecule has 0 aromatic rings. The zero-order chi connectivity index (χ0) is 17.1. The van der Waals surface area contributed by atoms with E-state index in [9.17, 15) is 14.7 Å². The number of aliphatic hydroxyl groups is 1. The van der Waals surface area contributed by atoms with E-state index in [1.807, 2.05) is 6.08 Å². The zero-order valence-electron chi connectivity index (χ0n) is 14.8. The number of hydrogen-bond acceptors (Lipinski definition) is 3. The van der Waals surface area contributed by atoms with Crippen LogP contribution in [0.2, 0.25) is 0 Å². The van der Waals surface area contributed by atoms with Crippen LogP contribution < -0.4 is 0 Å². The van der Waals surface area contributed by atoms with Crippen LogP contribution in [0.15, 0.2) is 23.3 Å². The van der Waals surface area contributed by atoms with Crippen LogP contribution in [0.3, 0.4) is 0 Å². The molecule has 3 saturated carbocycles. The first-order valence-corrected chi connectivity index (χ1v) is 9.44. The van der Waals surface area contributed by atoms with E-state index in [2.05, 4.69) is 19.9 Å². The quantitative estimate of drug-likeness (QED) is 0.748. The molecule has 5 atom stereocenters. The van der Waals surface area contributed by atoms with Gasteiger partial charge in [-0.15, -0.1) is 0 Å². The Morgan fingerprint density at radius 3 is 2.79 bits per heavy atom. The van der Waals surface area contributed by atoms with Gasteiger partial charge in [0.05, 0.1) is 6.61 Å². The van der Waals surface area contributed by atoms with Gasteiger partial charge in [-0.2, -0.15) is 0 Å². The molecule has 24 heavy (non-hydrogen) atoms. The Kier molecular flexibility index (Phi) is 3.65. The number of ketones is 2. The number of allylic oxidation sites excluding steroid dienone is 3. The molecule has 0 unspecified atom stereocenters. The van der Waals surface area contributed by atoms with Crippen LogP contribution in [0.5, 0.6) is 0 Å². The average molecular weight is 328 g/mol. The van der Waals surface area contributed by atoms with Crippen LogP contribution in [0, 0.1) is 28.6 Å². The van der Waals surface area contributed by atoms with Gasteiger partial charge in [0, 0.05) is 25.2 Å². The first-order chi connectivity index (χ1) is 11.4. The summed E-state index contributed by atoms with van der Waals surface area (Å²) in [5.74, 6) is 1.76. The molecular formula is C21H28O3. The van der Waals surface area contributed by atoms with Gasteiger partial charge in [0.15, 0.2) is 0 Å². The van der Waals surface area contributed by atoms with Gasteiger partial charge in [0.25, 0.3) is 0 Å². The van der Waals surface area contributed by atoms with Crippen molar-refractivity contribution in [3.05, 3.63) is 23.3 Å². The smallest absolute Gasteiger partial charge is 0.138 e. The van der Waals surface area contributed by atoms with E-state index in [1.54, 1.807) is 0 Å². The van der Waals surface area contributed by atoms with Crippen molar-refractivity contribution in [3.63, 3.8) is 0 Å². The maximum absolute atomic E-state index is 13.3. The third kappa shape index (κ3) is 2.06. The lowest BCUT2D eigenvalue weighted by Crippen LogP contribution is -2.53. The summed E-state index contributed by atoms with van der Waals surface area (Å²) in [7, 11) is 0. The molecule has 0 bridgehead atoms. The Morgan fingerprint density at radius 1 is 1.25 bits per heavy atom. The maximum Gasteiger partial charge on any atom is 0.138 e. The van der Waals surface area contributed by atoms with Crippen molar-refractivity contribution >= 4 is 11.6 Å². The molecule has 4 rings (SSSR count). The van der Waals surface area contributed by atoms with E-state index in [4.69, 9.17) is 0 Å². The van der Waals surface area contributed by atoms with Crippen molar-refractivity contribution in [3.8, 4) is 0 Å². The monoisotopic (exact) mass is 328 g/mol. The minimum Gasteiger partial charge on any atom is -0.392 e. The number of rotatable bonds is 1. The standard InChI is InChI=1S/C21H28O3/c1-20-9-7-15(23)11-14(20)3-5-16-17-6-4-13(8-10-22)21(17,2)12-18(24)19(16)20/h3,8,16-17,19,22H,4-7,9-12H2,1-2H3/t16-,17-,19+,20-,21+/m0/s1. The first kappa shape index (κ1) is 16.3. The lowest BCUT2D eigenvalue weighted by molar-refractivity contribution is -0.142. The lowest BCUT2D eigenvalue weighted by Gasteiger charge is -2.55. The van der Waals surface area contributed by atoms with E-state index in [-0.39, 0.29) is 23.4 Å². The minimum atomic E-state index is -0.0985. The molecule has 4 aliphatic rings. The second kappa shape index (κ2) is 5.39. The van der Waals surface area contributed by atoms with Crippen LogP contribution in [0.4, 0.5) is 0 Å². The van der Waals surface area contributed by atoms with Crippen molar-refractivity contribution in [1.82, 2.24) is 0 Å². The number of Topliss-reactive ketones (excluding diaryl/α,β-unsaturated/α-hetero) is 2. The Morgan fingerprint density at radius 2 is 2.04 bits per heavy atom. The van der Waals surface area contributed by atoms with Crippen molar-refractivity contribution in [1.29, 1.82) is 0 Å². The van der Waals surface area contributed by atoms with Gasteiger partial charge in [0.1, 0.15) is 11.6 Å². The second-order valence-corrected chi connectivity index (χ2v) is 8.86. The van der Waals surface area contributed by atoms with Gasteiger partial charge < -0.3 is 5.11 Å². The van der Waals surface area contributed by atoms with E-state index in [0.29, 0.717) is 42.7 Å². The highest BCUT2D eigenvalue weighted by Crippen LogP contribution is 2.64. The van der Waals surface area contributed by atoms with Crippen LogP contribution in [0.1, 0.15) is 58.8 Å². The molecule has 0 aromatic heterocycles. The number of carbonyl (C=O) groups is 2. The Bertz CT molecular complexity index is 658. The Hall–Kier alpha value is -1.22. The zero-order valence-corrected chi connectivity index (χ0v) is 14.8. The van der Waals surface area contributed by atoms with Gasteiger partial charge in [-0.3, -0.25) is 9.59 Å². The summed E-state index contributed by atoms with van der Waals surface area (Å²) in [4.78, 5) is 25.2. The third-order valence-corrected chi connectivity index (χ3v) is 7.81. The van der Waals surface area contributed by atoms with Crippen LogP contribution >= 0.6 is 0 Å². The van der Waals surface area contributed by atoms with Gasteiger partial charge in [0.2, 0.25) is 0 Å². The van der Waals surface area contributed by atoms with E-state index >= 15 is 0 Å². The van der Waals surface area contributed by atoms with Crippen LogP contribution in [-0.4, -0.2) is 23.3 Å². The minimum absolute atomic E-state index is 0.0623. The van der Waals surface area contributed by atoms with E-state index < -0.39 is 0 Å². The van der Waals surface area contributed by atoms with E-state index in [1.165, 1.54) is 11.1 Å². The third-order valence-electron chi connectivity index (χ3n) is 7.81. The molecule has 0 aliphatic heterocycles. The number of carbonyl (C=O) groups excluding carboxylic acids is 2. The fraction of sp³-hybridized carbons (Fsp3) is 0.714. The summed E-state index contributed by atoms with van der Waals surface area (Å²) >= 11 is 0. The summed E-state index contributed by atoms with van der Waals surface area (Å²) in [6, 6.07) is 0. The molecule has 3 nitrogen and oxygen atoms in total. The van der Waals surface area contributed by atoms with E-state index in [0.717, 1.165) is 25.7 Å². The first-order valence-electron chi connectivity index (χ1n) is 9.44. The number of hydrogen-bond donors (Lipinski definition) is 1. The highest BCUT2D eigenvalue weighted by molar-refractivity contribution is 5.88. The largest absolute Gasteiger partial charge is 0.392 e. The lowest BCUT2D eigenvalue weighted by atomic mass is 9.47. The van der Waals surface area contributed by atoms with Crippen molar-refractivity contribution < 1.29 is 14.7 Å². The summed E-state index contributed by atoms with van der Waals surface area (Å²) in [6.07, 6.45) is 9.98. The molecule has 3 fully saturated rings. The highest BCUT2D eigenvalue weighted by Gasteiger charge is 2.60. The number of fused-ring (bicyclic) bond motifs is 5. The molecule has 0 aromatic carbocycles. The summed E-state index contributed by atoms with van der Waals surface area (Å²) < 4.78 is 0. The second-order valence-electron chi connectivity index (χ2n) is 8.86. The van der Waals surface area contributed by atoms with Gasteiger partial charge in [-0.05, 0) is 48.3 Å². The molecule has 0 heterocycles. The van der Waals surface area contributed by atoms with Gasteiger partial charge in [-0.25, -0.2) is 0 Å². The molecule has 0 saturated heterocycles.